The monoisotopic (exact) mass is 739 g/mol. The Kier molecular flexibility index (Phi) is 22.0. The van der Waals surface area contributed by atoms with E-state index in [1.807, 2.05) is 60.7 Å². The predicted octanol–water partition coefficient (Wildman–Crippen LogP) is 8.12. The van der Waals surface area contributed by atoms with E-state index >= 15 is 0 Å². The smallest absolute Gasteiger partial charge is 0.335 e. The molecule has 0 bridgehead atoms. The molecule has 0 radical (unpaired) electrons. The van der Waals surface area contributed by atoms with Crippen LogP contribution in [0, 0.1) is 0 Å². The Labute approximate surface area is 317 Å². The molecule has 296 valence electrons. The summed E-state index contributed by atoms with van der Waals surface area (Å²) < 4.78 is 29.6. The fourth-order valence-corrected chi connectivity index (χ4v) is 6.60. The summed E-state index contributed by atoms with van der Waals surface area (Å²) in [6.07, 6.45) is 13.4. The molecule has 10 heteroatoms. The highest BCUT2D eigenvalue weighted by Crippen LogP contribution is 2.28. The Hall–Kier alpha value is -3.31. The number of amides is 1. The van der Waals surface area contributed by atoms with E-state index in [-0.39, 0.29) is 32.2 Å². The van der Waals surface area contributed by atoms with Crippen LogP contribution in [0.15, 0.2) is 60.7 Å². The van der Waals surface area contributed by atoms with Gasteiger partial charge in [0.05, 0.1) is 6.61 Å². The van der Waals surface area contributed by atoms with E-state index in [2.05, 4.69) is 12.2 Å². The van der Waals surface area contributed by atoms with Crippen LogP contribution in [0.25, 0.3) is 0 Å². The number of hydrogen-bond acceptors (Lipinski definition) is 9. The van der Waals surface area contributed by atoms with Gasteiger partial charge in [-0.1, -0.05) is 157 Å². The van der Waals surface area contributed by atoms with Crippen molar-refractivity contribution in [3.63, 3.8) is 0 Å². The standard InChI is InChI=1S/C43H65NO9/c1-4-5-6-7-8-9-10-11-12-13-14-15-16-17-24-29-38(46)49-32-37-40(50-30-35-25-20-18-21-26-35)41(39(43(48)53-37)44-34(3)45)52-33(2)42(47)51-31-36-27-22-19-23-28-36/h18-23,25-28,33,37,39-41,43,48H,4-17,24,29-32H2,1-3H3,(H,44,45)/t33?,37-,39-,40-,41-,43-/m1/s1. The van der Waals surface area contributed by atoms with E-state index in [4.69, 9.17) is 23.7 Å². The third kappa shape index (κ3) is 18.0. The molecule has 1 aliphatic heterocycles. The summed E-state index contributed by atoms with van der Waals surface area (Å²) in [6, 6.07) is 17.7. The average molecular weight is 740 g/mol. The van der Waals surface area contributed by atoms with Crippen molar-refractivity contribution in [1.82, 2.24) is 5.32 Å². The zero-order chi connectivity index (χ0) is 38.1. The first-order valence-corrected chi connectivity index (χ1v) is 20.1. The summed E-state index contributed by atoms with van der Waals surface area (Å²) in [7, 11) is 0. The number of hydrogen-bond donors (Lipinski definition) is 2. The van der Waals surface area contributed by atoms with Gasteiger partial charge in [0, 0.05) is 13.3 Å². The van der Waals surface area contributed by atoms with Gasteiger partial charge in [-0.15, -0.1) is 0 Å². The first-order valence-electron chi connectivity index (χ1n) is 20.1. The van der Waals surface area contributed by atoms with Crippen LogP contribution >= 0.6 is 0 Å². The average Bonchev–Trinajstić information content (AvgIpc) is 3.16. The lowest BCUT2D eigenvalue weighted by atomic mass is 9.95. The first-order chi connectivity index (χ1) is 25.8. The molecule has 53 heavy (non-hydrogen) atoms. The number of ether oxygens (including phenoxy) is 5. The molecule has 2 aromatic carbocycles. The topological polar surface area (TPSA) is 130 Å². The van der Waals surface area contributed by atoms with Crippen molar-refractivity contribution in [3.05, 3.63) is 71.8 Å². The van der Waals surface area contributed by atoms with Crippen molar-refractivity contribution in [2.24, 2.45) is 0 Å². The number of aliphatic hydroxyl groups is 1. The van der Waals surface area contributed by atoms with Crippen LogP contribution in [0.1, 0.15) is 135 Å². The number of carbonyl (C=O) groups is 3. The summed E-state index contributed by atoms with van der Waals surface area (Å²) >= 11 is 0. The molecule has 0 aromatic heterocycles. The summed E-state index contributed by atoms with van der Waals surface area (Å²) in [5.74, 6) is -1.41. The number of aliphatic hydroxyl groups excluding tert-OH is 1. The van der Waals surface area contributed by atoms with E-state index in [9.17, 15) is 19.5 Å². The number of unbranched alkanes of at least 4 members (excludes halogenated alkanes) is 14. The van der Waals surface area contributed by atoms with Crippen molar-refractivity contribution >= 4 is 17.8 Å². The van der Waals surface area contributed by atoms with E-state index in [0.29, 0.717) is 0 Å². The van der Waals surface area contributed by atoms with Crippen molar-refractivity contribution in [3.8, 4) is 0 Å². The molecule has 2 aromatic rings. The minimum atomic E-state index is -1.52. The van der Waals surface area contributed by atoms with Crippen molar-refractivity contribution in [2.75, 3.05) is 6.61 Å². The molecule has 0 saturated carbocycles. The van der Waals surface area contributed by atoms with Crippen LogP contribution in [0.4, 0.5) is 0 Å². The SMILES string of the molecule is CCCCCCCCCCCCCCCCCC(=O)OC[C@H]1O[C@@H](O)[C@H](NC(C)=O)[C@@H](OC(C)C(=O)OCc2ccccc2)[C@@H]1OCc1ccccc1. The molecule has 1 aliphatic rings. The maximum atomic E-state index is 13.0. The first kappa shape index (κ1) is 44.1. The third-order valence-electron chi connectivity index (χ3n) is 9.63. The van der Waals surface area contributed by atoms with Gasteiger partial charge in [-0.3, -0.25) is 9.59 Å². The fraction of sp³-hybridized carbons (Fsp3) is 0.651. The van der Waals surface area contributed by atoms with Crippen LogP contribution in [-0.2, 0) is 51.3 Å². The predicted molar refractivity (Wildman–Crippen MR) is 205 cm³/mol. The minimum absolute atomic E-state index is 0.0603. The molecular formula is C43H65NO9. The van der Waals surface area contributed by atoms with Gasteiger partial charge in [0.25, 0.3) is 0 Å². The van der Waals surface area contributed by atoms with Crippen LogP contribution in [0.3, 0.4) is 0 Å². The van der Waals surface area contributed by atoms with Gasteiger partial charge < -0.3 is 34.1 Å². The molecule has 1 heterocycles. The molecule has 3 rings (SSSR count). The van der Waals surface area contributed by atoms with Crippen molar-refractivity contribution in [2.45, 2.75) is 173 Å². The zero-order valence-corrected chi connectivity index (χ0v) is 32.4. The molecule has 2 N–H and O–H groups in total. The Balaban J connectivity index is 1.49. The molecular weight excluding hydrogens is 674 g/mol. The highest BCUT2D eigenvalue weighted by Gasteiger charge is 2.49. The summed E-state index contributed by atoms with van der Waals surface area (Å²) in [6.45, 7) is 5.12. The van der Waals surface area contributed by atoms with E-state index in [0.717, 1.165) is 30.4 Å². The van der Waals surface area contributed by atoms with Gasteiger partial charge in [0.15, 0.2) is 12.4 Å². The number of carbonyl (C=O) groups excluding carboxylic acids is 3. The second kappa shape index (κ2) is 26.5. The number of esters is 2. The lowest BCUT2D eigenvalue weighted by molar-refractivity contribution is -0.279. The van der Waals surface area contributed by atoms with Gasteiger partial charge in [0.2, 0.25) is 5.91 Å². The van der Waals surface area contributed by atoms with E-state index in [1.165, 1.54) is 84.0 Å². The molecule has 1 unspecified atom stereocenters. The Bertz CT molecular complexity index is 1280. The lowest BCUT2D eigenvalue weighted by Crippen LogP contribution is -2.66. The van der Waals surface area contributed by atoms with Crippen molar-refractivity contribution < 1.29 is 43.2 Å². The highest BCUT2D eigenvalue weighted by atomic mass is 16.7. The second-order valence-electron chi connectivity index (χ2n) is 14.3. The number of nitrogens with one attached hydrogen (secondary N) is 1. The summed E-state index contributed by atoms with van der Waals surface area (Å²) in [5.41, 5.74) is 1.69. The molecule has 0 spiro atoms. The number of rotatable bonds is 27. The van der Waals surface area contributed by atoms with Crippen LogP contribution in [0.5, 0.6) is 0 Å². The normalized spacial score (nSPS) is 20.4. The zero-order valence-electron chi connectivity index (χ0n) is 32.4. The van der Waals surface area contributed by atoms with E-state index < -0.39 is 48.6 Å². The van der Waals surface area contributed by atoms with Gasteiger partial charge in [-0.25, -0.2) is 4.79 Å². The Morgan fingerprint density at radius 2 is 1.23 bits per heavy atom. The molecule has 10 nitrogen and oxygen atoms in total. The fourth-order valence-electron chi connectivity index (χ4n) is 6.60. The Morgan fingerprint density at radius 3 is 1.75 bits per heavy atom. The largest absolute Gasteiger partial charge is 0.463 e. The molecule has 0 aliphatic carbocycles. The Morgan fingerprint density at radius 1 is 0.717 bits per heavy atom. The van der Waals surface area contributed by atoms with Gasteiger partial charge in [-0.2, -0.15) is 0 Å². The molecule has 1 fully saturated rings. The van der Waals surface area contributed by atoms with Crippen molar-refractivity contribution in [1.29, 1.82) is 0 Å². The number of benzene rings is 2. The quantitative estimate of drug-likeness (QED) is 0.0690. The second-order valence-corrected chi connectivity index (χ2v) is 14.3. The van der Waals surface area contributed by atoms with Crippen LogP contribution < -0.4 is 5.32 Å². The lowest BCUT2D eigenvalue weighted by Gasteiger charge is -2.45. The van der Waals surface area contributed by atoms with E-state index in [1.54, 1.807) is 6.92 Å². The maximum Gasteiger partial charge on any atom is 0.335 e. The van der Waals surface area contributed by atoms with Gasteiger partial charge >= 0.3 is 11.9 Å². The minimum Gasteiger partial charge on any atom is -0.463 e. The molecule has 1 saturated heterocycles. The molecule has 6 atom stereocenters. The third-order valence-corrected chi connectivity index (χ3v) is 9.63. The summed E-state index contributed by atoms with van der Waals surface area (Å²) in [5, 5.41) is 13.7. The van der Waals surface area contributed by atoms with Gasteiger partial charge in [0.1, 0.15) is 37.6 Å². The molecule has 1 amide bonds. The highest BCUT2D eigenvalue weighted by molar-refractivity contribution is 5.74. The maximum absolute atomic E-state index is 13.0. The van der Waals surface area contributed by atoms with Crippen LogP contribution in [0.2, 0.25) is 0 Å². The van der Waals surface area contributed by atoms with Crippen LogP contribution in [-0.4, -0.2) is 66.3 Å². The van der Waals surface area contributed by atoms with Gasteiger partial charge in [-0.05, 0) is 24.5 Å². The summed E-state index contributed by atoms with van der Waals surface area (Å²) in [4.78, 5) is 38.0.